The van der Waals surface area contributed by atoms with Crippen molar-refractivity contribution in [3.05, 3.63) is 16.1 Å². The van der Waals surface area contributed by atoms with Crippen molar-refractivity contribution in [1.82, 2.24) is 24.3 Å². The summed E-state index contributed by atoms with van der Waals surface area (Å²) in [4.78, 5) is 13.8. The molecule has 2 aromatic heterocycles. The normalized spacial score (nSPS) is 26.9. The molecular formula is C17H25IN6. The van der Waals surface area contributed by atoms with Crippen molar-refractivity contribution in [2.24, 2.45) is 0 Å². The van der Waals surface area contributed by atoms with Crippen LogP contribution in [0, 0.1) is 3.57 Å². The largest absolute Gasteiger partial charge is 0.383 e. The van der Waals surface area contributed by atoms with Gasteiger partial charge in [-0.2, -0.15) is 0 Å². The van der Waals surface area contributed by atoms with Crippen LogP contribution in [0.1, 0.15) is 31.7 Å². The van der Waals surface area contributed by atoms with Crippen molar-refractivity contribution >= 4 is 39.4 Å². The molecule has 0 unspecified atom stereocenters. The molecule has 0 aromatic carbocycles. The molecule has 2 fully saturated rings. The number of nitrogen functional groups attached to an aromatic ring is 1. The maximum Gasteiger partial charge on any atom is 0.146 e. The number of anilines is 1. The minimum Gasteiger partial charge on any atom is -0.383 e. The Balaban J connectivity index is 1.47. The number of hydrogen-bond donors (Lipinski definition) is 1. The molecule has 3 heterocycles. The highest BCUT2D eigenvalue weighted by Crippen LogP contribution is 2.35. The van der Waals surface area contributed by atoms with Gasteiger partial charge in [0.15, 0.2) is 0 Å². The summed E-state index contributed by atoms with van der Waals surface area (Å²) in [5, 5.41) is 1.01. The van der Waals surface area contributed by atoms with Crippen molar-refractivity contribution < 1.29 is 0 Å². The van der Waals surface area contributed by atoms with Gasteiger partial charge in [-0.15, -0.1) is 0 Å². The van der Waals surface area contributed by atoms with Crippen molar-refractivity contribution in [3.8, 4) is 0 Å². The highest BCUT2D eigenvalue weighted by atomic mass is 127. The second kappa shape index (κ2) is 6.76. The molecule has 2 N–H and O–H groups in total. The van der Waals surface area contributed by atoms with Crippen molar-refractivity contribution in [3.63, 3.8) is 0 Å². The van der Waals surface area contributed by atoms with Gasteiger partial charge in [0.1, 0.15) is 17.8 Å². The van der Waals surface area contributed by atoms with Crippen LogP contribution in [0.25, 0.3) is 11.0 Å². The Kier molecular flexibility index (Phi) is 4.66. The Hall–Kier alpha value is -0.930. The quantitative estimate of drug-likeness (QED) is 0.727. The van der Waals surface area contributed by atoms with E-state index in [1.54, 1.807) is 6.33 Å². The zero-order chi connectivity index (χ0) is 16.7. The minimum absolute atomic E-state index is 0.536. The minimum atomic E-state index is 0.536. The first-order chi connectivity index (χ1) is 11.6. The zero-order valence-electron chi connectivity index (χ0n) is 14.2. The van der Waals surface area contributed by atoms with Gasteiger partial charge in [0, 0.05) is 48.0 Å². The van der Waals surface area contributed by atoms with Crippen molar-refractivity contribution in [2.45, 2.75) is 37.8 Å². The van der Waals surface area contributed by atoms with Gasteiger partial charge in [0.25, 0.3) is 0 Å². The number of nitrogens with two attached hydrogens (primary N) is 1. The lowest BCUT2D eigenvalue weighted by atomic mass is 9.89. The smallest absolute Gasteiger partial charge is 0.146 e. The van der Waals surface area contributed by atoms with E-state index < -0.39 is 0 Å². The van der Waals surface area contributed by atoms with E-state index in [1.165, 1.54) is 51.9 Å². The highest BCUT2D eigenvalue weighted by molar-refractivity contribution is 14.1. The van der Waals surface area contributed by atoms with Gasteiger partial charge in [0.2, 0.25) is 0 Å². The molecular weight excluding hydrogens is 415 g/mol. The molecule has 0 spiro atoms. The molecule has 2 aliphatic rings. The molecule has 2 aromatic rings. The van der Waals surface area contributed by atoms with E-state index in [0.29, 0.717) is 11.9 Å². The number of piperazine rings is 1. The van der Waals surface area contributed by atoms with Gasteiger partial charge in [0.05, 0.1) is 5.39 Å². The number of nitrogens with zero attached hydrogens (tertiary/aromatic N) is 5. The standard InChI is InChI=1S/C17H25IN6/c1-22-6-8-23(9-7-22)12-2-4-13(5-3-12)24-10-14(18)15-16(19)20-11-21-17(15)24/h10-13H,2-9H2,1H3,(H2,19,20,21)/t12-,13-. The monoisotopic (exact) mass is 440 g/mol. The molecule has 0 bridgehead atoms. The van der Waals surface area contributed by atoms with Crippen LogP contribution in [-0.4, -0.2) is 63.6 Å². The summed E-state index contributed by atoms with van der Waals surface area (Å²) in [7, 11) is 2.22. The summed E-state index contributed by atoms with van der Waals surface area (Å²) in [6.07, 6.45) is 8.80. The fourth-order valence-electron chi connectivity index (χ4n) is 4.23. The van der Waals surface area contributed by atoms with Crippen LogP contribution in [-0.2, 0) is 0 Å². The van der Waals surface area contributed by atoms with Gasteiger partial charge >= 0.3 is 0 Å². The molecule has 6 nitrogen and oxygen atoms in total. The van der Waals surface area contributed by atoms with Crippen LogP contribution in [0.5, 0.6) is 0 Å². The van der Waals surface area contributed by atoms with Gasteiger partial charge in [-0.25, -0.2) is 9.97 Å². The third-order valence-electron chi connectivity index (χ3n) is 5.71. The van der Waals surface area contributed by atoms with Gasteiger partial charge < -0.3 is 15.2 Å². The van der Waals surface area contributed by atoms with Crippen LogP contribution in [0.4, 0.5) is 5.82 Å². The van der Waals surface area contributed by atoms with Crippen LogP contribution in [0.3, 0.4) is 0 Å². The molecule has 0 radical (unpaired) electrons. The Labute approximate surface area is 156 Å². The van der Waals surface area contributed by atoms with Gasteiger partial charge in [-0.05, 0) is 55.3 Å². The van der Waals surface area contributed by atoms with E-state index >= 15 is 0 Å². The predicted octanol–water partition coefficient (Wildman–Crippen LogP) is 2.35. The number of halogens is 1. The van der Waals surface area contributed by atoms with E-state index in [1.807, 2.05) is 0 Å². The highest BCUT2D eigenvalue weighted by Gasteiger charge is 2.29. The fraction of sp³-hybridized carbons (Fsp3) is 0.647. The molecule has 1 aliphatic carbocycles. The first kappa shape index (κ1) is 16.5. The Morgan fingerprint density at radius 3 is 2.42 bits per heavy atom. The molecule has 130 valence electrons. The fourth-order valence-corrected chi connectivity index (χ4v) is 5.05. The predicted molar refractivity (Wildman–Crippen MR) is 105 cm³/mol. The van der Waals surface area contributed by atoms with Crippen molar-refractivity contribution in [2.75, 3.05) is 39.0 Å². The number of aromatic nitrogens is 3. The van der Waals surface area contributed by atoms with Crippen LogP contribution in [0.2, 0.25) is 0 Å². The van der Waals surface area contributed by atoms with Crippen molar-refractivity contribution in [1.29, 1.82) is 0 Å². The second-order valence-electron chi connectivity index (χ2n) is 7.14. The molecule has 4 rings (SSSR count). The third kappa shape index (κ3) is 3.01. The summed E-state index contributed by atoms with van der Waals surface area (Å²) in [5.74, 6) is 0.592. The van der Waals surface area contributed by atoms with E-state index in [9.17, 15) is 0 Å². The number of likely N-dealkylation sites (N-methyl/N-ethyl adjacent to an activating group) is 1. The maximum absolute atomic E-state index is 6.05. The summed E-state index contributed by atoms with van der Waals surface area (Å²) >= 11 is 2.35. The van der Waals surface area contributed by atoms with E-state index in [-0.39, 0.29) is 0 Å². The Morgan fingerprint density at radius 1 is 1.04 bits per heavy atom. The SMILES string of the molecule is CN1CCN([C@H]2CC[C@H](n3cc(I)c4c(N)ncnc43)CC2)CC1. The average Bonchev–Trinajstić information content (AvgIpc) is 2.94. The van der Waals surface area contributed by atoms with Crippen LogP contribution in [0.15, 0.2) is 12.5 Å². The number of fused-ring (bicyclic) bond motifs is 1. The molecule has 0 amide bonds. The van der Waals surface area contributed by atoms with E-state index in [0.717, 1.165) is 20.6 Å². The molecule has 1 saturated carbocycles. The zero-order valence-corrected chi connectivity index (χ0v) is 16.3. The molecule has 1 aliphatic heterocycles. The lowest BCUT2D eigenvalue weighted by Crippen LogP contribution is -2.49. The number of hydrogen-bond acceptors (Lipinski definition) is 5. The van der Waals surface area contributed by atoms with Crippen LogP contribution >= 0.6 is 22.6 Å². The lowest BCUT2D eigenvalue weighted by Gasteiger charge is -2.41. The number of rotatable bonds is 2. The summed E-state index contributed by atoms with van der Waals surface area (Å²) in [6, 6.07) is 1.30. The second-order valence-corrected chi connectivity index (χ2v) is 8.31. The molecule has 24 heavy (non-hydrogen) atoms. The third-order valence-corrected chi connectivity index (χ3v) is 6.52. The molecule has 7 heteroatoms. The topological polar surface area (TPSA) is 63.2 Å². The first-order valence-electron chi connectivity index (χ1n) is 8.82. The van der Waals surface area contributed by atoms with E-state index in [2.05, 4.69) is 60.2 Å². The Morgan fingerprint density at radius 2 is 1.71 bits per heavy atom. The van der Waals surface area contributed by atoms with Gasteiger partial charge in [-0.1, -0.05) is 0 Å². The Bertz CT molecular complexity index is 713. The summed E-state index contributed by atoms with van der Waals surface area (Å²) in [5.41, 5.74) is 7.05. The summed E-state index contributed by atoms with van der Waals surface area (Å²) < 4.78 is 3.50. The maximum atomic E-state index is 6.05. The average molecular weight is 440 g/mol. The molecule has 0 atom stereocenters. The molecule has 1 saturated heterocycles. The van der Waals surface area contributed by atoms with E-state index in [4.69, 9.17) is 5.73 Å². The van der Waals surface area contributed by atoms with Gasteiger partial charge in [-0.3, -0.25) is 4.90 Å². The summed E-state index contributed by atoms with van der Waals surface area (Å²) in [6.45, 7) is 4.85. The first-order valence-corrected chi connectivity index (χ1v) is 9.90. The lowest BCUT2D eigenvalue weighted by molar-refractivity contribution is 0.0827. The van der Waals surface area contributed by atoms with Crippen LogP contribution < -0.4 is 5.73 Å².